The Morgan fingerprint density at radius 2 is 1.68 bits per heavy atom. The number of carboxylic acid groups (broad SMARTS) is 1. The van der Waals surface area contributed by atoms with Crippen LogP contribution in [0.15, 0.2) is 0 Å². The van der Waals surface area contributed by atoms with E-state index in [4.69, 9.17) is 5.11 Å². The SMILES string of the molecule is C[C@H](CCC(=O)O)C1CC[C@H]2[C@@H]3C(O)CC4CC(O)CC[C@]4(C)[C@H]3CC[C@]12C. The summed E-state index contributed by atoms with van der Waals surface area (Å²) in [6, 6.07) is 0. The molecule has 4 heteroatoms. The van der Waals surface area contributed by atoms with Gasteiger partial charge in [0.2, 0.25) is 0 Å². The molecular weight excluding hydrogens is 352 g/mol. The molecule has 0 aromatic carbocycles. The fourth-order valence-corrected chi connectivity index (χ4v) is 8.73. The number of carbonyl (C=O) groups is 1. The Bertz CT molecular complexity index is 605. The summed E-state index contributed by atoms with van der Waals surface area (Å²) < 4.78 is 0. The summed E-state index contributed by atoms with van der Waals surface area (Å²) in [5.41, 5.74) is 0.523. The molecule has 0 radical (unpaired) electrons. The maximum atomic E-state index is 11.2. The van der Waals surface area contributed by atoms with Crippen LogP contribution in [-0.2, 0) is 4.79 Å². The van der Waals surface area contributed by atoms with E-state index in [1.165, 1.54) is 25.7 Å². The van der Waals surface area contributed by atoms with Crippen molar-refractivity contribution in [2.24, 2.45) is 46.3 Å². The van der Waals surface area contributed by atoms with E-state index in [-0.39, 0.29) is 29.5 Å². The first-order chi connectivity index (χ1) is 13.2. The minimum absolute atomic E-state index is 0.179. The lowest BCUT2D eigenvalue weighted by molar-refractivity contribution is -0.174. The monoisotopic (exact) mass is 392 g/mol. The quantitative estimate of drug-likeness (QED) is 0.659. The Morgan fingerprint density at radius 1 is 1.00 bits per heavy atom. The molecule has 4 aliphatic rings. The van der Waals surface area contributed by atoms with Crippen LogP contribution in [0.4, 0.5) is 0 Å². The highest BCUT2D eigenvalue weighted by Crippen LogP contribution is 2.68. The molecule has 0 heterocycles. The summed E-state index contributed by atoms with van der Waals surface area (Å²) in [6.45, 7) is 7.16. The number of aliphatic hydroxyl groups is 2. The van der Waals surface area contributed by atoms with Crippen molar-refractivity contribution in [1.29, 1.82) is 0 Å². The number of aliphatic hydroxyl groups excluding tert-OH is 2. The molecular formula is C24H40O4. The first kappa shape index (κ1) is 20.7. The third-order valence-corrected chi connectivity index (χ3v) is 10.2. The van der Waals surface area contributed by atoms with E-state index in [1.54, 1.807) is 0 Å². The highest BCUT2D eigenvalue weighted by Gasteiger charge is 2.62. The zero-order valence-electron chi connectivity index (χ0n) is 17.9. The van der Waals surface area contributed by atoms with Gasteiger partial charge < -0.3 is 15.3 Å². The molecule has 0 aliphatic heterocycles. The van der Waals surface area contributed by atoms with Crippen LogP contribution in [0.3, 0.4) is 0 Å². The van der Waals surface area contributed by atoms with Gasteiger partial charge in [-0.3, -0.25) is 4.79 Å². The molecule has 0 saturated heterocycles. The Balaban J connectivity index is 1.55. The first-order valence-corrected chi connectivity index (χ1v) is 11.7. The van der Waals surface area contributed by atoms with Crippen LogP contribution in [0.5, 0.6) is 0 Å². The Kier molecular flexibility index (Phi) is 5.36. The lowest BCUT2D eigenvalue weighted by atomic mass is 9.43. The predicted molar refractivity (Wildman–Crippen MR) is 109 cm³/mol. The van der Waals surface area contributed by atoms with Crippen LogP contribution < -0.4 is 0 Å². The molecule has 4 saturated carbocycles. The van der Waals surface area contributed by atoms with Crippen LogP contribution in [0.1, 0.15) is 85.0 Å². The number of rotatable bonds is 4. The highest BCUT2D eigenvalue weighted by molar-refractivity contribution is 5.66. The molecule has 0 bridgehead atoms. The predicted octanol–water partition coefficient (Wildman–Crippen LogP) is 4.48. The standard InChI is InChI=1S/C24H40O4/c1-14(4-7-21(27)28)17-5-6-18-22-19(9-11-24(17,18)3)23(2)10-8-16(25)12-15(23)13-20(22)26/h14-20,22,25-26H,4-13H2,1-3H3,(H,27,28)/t14-,15?,16?,17?,18+,19+,20?,22+,23+,24-/m1/s1. The molecule has 0 aromatic heterocycles. The van der Waals surface area contributed by atoms with E-state index < -0.39 is 5.97 Å². The Hall–Kier alpha value is -0.610. The average Bonchev–Trinajstić information content (AvgIpc) is 2.98. The number of hydrogen-bond donors (Lipinski definition) is 3. The summed E-state index contributed by atoms with van der Waals surface area (Å²) in [6.07, 6.45) is 9.19. The summed E-state index contributed by atoms with van der Waals surface area (Å²) in [4.78, 5) is 11.1. The van der Waals surface area contributed by atoms with Gasteiger partial charge in [0.1, 0.15) is 0 Å². The third kappa shape index (κ3) is 3.14. The lowest BCUT2D eigenvalue weighted by Gasteiger charge is -2.62. The molecule has 28 heavy (non-hydrogen) atoms. The van der Waals surface area contributed by atoms with Crippen LogP contribution in [-0.4, -0.2) is 33.5 Å². The molecule has 0 aromatic rings. The van der Waals surface area contributed by atoms with Gasteiger partial charge in [-0.1, -0.05) is 20.8 Å². The normalized spacial score (nSPS) is 51.7. The van der Waals surface area contributed by atoms with Crippen molar-refractivity contribution in [2.45, 2.75) is 97.2 Å². The fourth-order valence-electron chi connectivity index (χ4n) is 8.73. The van der Waals surface area contributed by atoms with Crippen LogP contribution in [0.2, 0.25) is 0 Å². The molecule has 4 rings (SSSR count). The van der Waals surface area contributed by atoms with Crippen molar-refractivity contribution in [2.75, 3.05) is 0 Å². The minimum atomic E-state index is -0.684. The topological polar surface area (TPSA) is 77.8 Å². The summed E-state index contributed by atoms with van der Waals surface area (Å²) >= 11 is 0. The molecule has 160 valence electrons. The number of fused-ring (bicyclic) bond motifs is 5. The van der Waals surface area contributed by atoms with Crippen molar-refractivity contribution in [1.82, 2.24) is 0 Å². The molecule has 0 spiro atoms. The number of carboxylic acids is 1. The van der Waals surface area contributed by atoms with Crippen molar-refractivity contribution in [3.63, 3.8) is 0 Å². The first-order valence-electron chi connectivity index (χ1n) is 11.7. The van der Waals surface area contributed by atoms with Crippen molar-refractivity contribution in [3.05, 3.63) is 0 Å². The fraction of sp³-hybridized carbons (Fsp3) is 0.958. The van der Waals surface area contributed by atoms with Crippen molar-refractivity contribution in [3.8, 4) is 0 Å². The van der Waals surface area contributed by atoms with Gasteiger partial charge in [0.25, 0.3) is 0 Å². The molecule has 0 amide bonds. The van der Waals surface area contributed by atoms with Crippen molar-refractivity contribution >= 4 is 5.97 Å². The summed E-state index contributed by atoms with van der Waals surface area (Å²) in [5, 5.41) is 30.5. The molecule has 10 atom stereocenters. The zero-order chi connectivity index (χ0) is 20.3. The van der Waals surface area contributed by atoms with E-state index >= 15 is 0 Å². The summed E-state index contributed by atoms with van der Waals surface area (Å²) in [5.74, 6) is 2.36. The Morgan fingerprint density at radius 3 is 2.39 bits per heavy atom. The van der Waals surface area contributed by atoms with Gasteiger partial charge in [-0.15, -0.1) is 0 Å². The Labute approximate surface area is 170 Å². The smallest absolute Gasteiger partial charge is 0.303 e. The van der Waals surface area contributed by atoms with E-state index in [9.17, 15) is 15.0 Å². The second kappa shape index (κ2) is 7.27. The van der Waals surface area contributed by atoms with E-state index in [0.717, 1.165) is 32.1 Å². The van der Waals surface area contributed by atoms with Gasteiger partial charge in [-0.2, -0.15) is 0 Å². The summed E-state index contributed by atoms with van der Waals surface area (Å²) in [7, 11) is 0. The van der Waals surface area contributed by atoms with Gasteiger partial charge in [-0.05, 0) is 104 Å². The van der Waals surface area contributed by atoms with E-state index in [0.29, 0.717) is 35.5 Å². The van der Waals surface area contributed by atoms with Crippen LogP contribution in [0.25, 0.3) is 0 Å². The second-order valence-electron chi connectivity index (χ2n) is 11.4. The minimum Gasteiger partial charge on any atom is -0.481 e. The number of hydrogen-bond acceptors (Lipinski definition) is 3. The molecule has 4 nitrogen and oxygen atoms in total. The van der Waals surface area contributed by atoms with Gasteiger partial charge in [0.15, 0.2) is 0 Å². The maximum absolute atomic E-state index is 11.2. The van der Waals surface area contributed by atoms with Gasteiger partial charge in [0, 0.05) is 6.42 Å². The third-order valence-electron chi connectivity index (χ3n) is 10.2. The zero-order valence-corrected chi connectivity index (χ0v) is 17.9. The van der Waals surface area contributed by atoms with E-state index in [1.807, 2.05) is 0 Å². The van der Waals surface area contributed by atoms with Crippen LogP contribution in [0, 0.1) is 46.3 Å². The molecule has 4 fully saturated rings. The van der Waals surface area contributed by atoms with Crippen LogP contribution >= 0.6 is 0 Å². The second-order valence-corrected chi connectivity index (χ2v) is 11.4. The largest absolute Gasteiger partial charge is 0.481 e. The molecule has 4 unspecified atom stereocenters. The van der Waals surface area contributed by atoms with Gasteiger partial charge in [-0.25, -0.2) is 0 Å². The van der Waals surface area contributed by atoms with E-state index in [2.05, 4.69) is 20.8 Å². The number of aliphatic carboxylic acids is 1. The highest BCUT2D eigenvalue weighted by atomic mass is 16.4. The lowest BCUT2D eigenvalue weighted by Crippen LogP contribution is -2.58. The molecule has 3 N–H and O–H groups in total. The van der Waals surface area contributed by atoms with Gasteiger partial charge >= 0.3 is 5.97 Å². The average molecular weight is 393 g/mol. The maximum Gasteiger partial charge on any atom is 0.303 e. The molecule has 4 aliphatic carbocycles. The van der Waals surface area contributed by atoms with Crippen molar-refractivity contribution < 1.29 is 20.1 Å². The van der Waals surface area contributed by atoms with Gasteiger partial charge in [0.05, 0.1) is 12.2 Å².